The Morgan fingerprint density at radius 3 is 3.04 bits per heavy atom. The third-order valence-corrected chi connectivity index (χ3v) is 4.41. The topological polar surface area (TPSA) is 84.6 Å². The van der Waals surface area contributed by atoms with Crippen molar-refractivity contribution in [3.05, 3.63) is 35.6 Å². The molecule has 0 spiro atoms. The molecule has 0 aromatic carbocycles. The number of carbonyl (C=O) groups is 1. The maximum atomic E-state index is 12.7. The highest BCUT2D eigenvalue weighted by Crippen LogP contribution is 2.30. The molecule has 0 unspecified atom stereocenters. The van der Waals surface area contributed by atoms with Crippen LogP contribution in [0.15, 0.2) is 22.9 Å². The van der Waals surface area contributed by atoms with Crippen molar-refractivity contribution in [2.24, 2.45) is 0 Å². The summed E-state index contributed by atoms with van der Waals surface area (Å²) in [7, 11) is 5.55. The summed E-state index contributed by atoms with van der Waals surface area (Å²) in [6.07, 6.45) is 4.51. The van der Waals surface area contributed by atoms with Crippen molar-refractivity contribution >= 4 is 5.91 Å². The Balaban J connectivity index is 1.64. The number of aryl methyl sites for hydroxylation is 1. The van der Waals surface area contributed by atoms with E-state index in [9.17, 15) is 4.79 Å². The molecule has 140 valence electrons. The van der Waals surface area contributed by atoms with Gasteiger partial charge < -0.3 is 19.1 Å². The standard InChI is InChI=1S/C18H25N5O3/c1-22(2)12-13-8-9-19-18(20-13)15-5-4-10-23(15)17(24)7-6-14-11-16(25-3)21-26-14/h8-9,11,15H,4-7,10,12H2,1-3H3/t15-/m1/s1. The zero-order valence-electron chi connectivity index (χ0n) is 15.5. The van der Waals surface area contributed by atoms with Gasteiger partial charge >= 0.3 is 0 Å². The van der Waals surface area contributed by atoms with Gasteiger partial charge in [0, 0.05) is 38.2 Å². The molecule has 1 fully saturated rings. The van der Waals surface area contributed by atoms with Crippen LogP contribution in [0.25, 0.3) is 0 Å². The molecule has 26 heavy (non-hydrogen) atoms. The monoisotopic (exact) mass is 359 g/mol. The number of amides is 1. The predicted molar refractivity (Wildman–Crippen MR) is 94.5 cm³/mol. The fourth-order valence-electron chi connectivity index (χ4n) is 3.20. The molecule has 1 aliphatic heterocycles. The number of aromatic nitrogens is 3. The number of rotatable bonds is 7. The van der Waals surface area contributed by atoms with Crippen LogP contribution in [0.1, 0.15) is 42.6 Å². The number of likely N-dealkylation sites (tertiary alicyclic amines) is 1. The highest BCUT2D eigenvalue weighted by molar-refractivity contribution is 5.77. The summed E-state index contributed by atoms with van der Waals surface area (Å²) in [6.45, 7) is 1.49. The molecule has 3 heterocycles. The van der Waals surface area contributed by atoms with E-state index in [4.69, 9.17) is 9.26 Å². The van der Waals surface area contributed by atoms with Gasteiger partial charge in [0.25, 0.3) is 5.88 Å². The molecule has 8 heteroatoms. The summed E-state index contributed by atoms with van der Waals surface area (Å²) >= 11 is 0. The molecule has 0 radical (unpaired) electrons. The van der Waals surface area contributed by atoms with E-state index >= 15 is 0 Å². The van der Waals surface area contributed by atoms with Crippen LogP contribution in [0.3, 0.4) is 0 Å². The van der Waals surface area contributed by atoms with Gasteiger partial charge in [0.15, 0.2) is 5.82 Å². The maximum Gasteiger partial charge on any atom is 0.254 e. The van der Waals surface area contributed by atoms with Gasteiger partial charge in [0.2, 0.25) is 5.91 Å². The van der Waals surface area contributed by atoms with E-state index in [0.717, 1.165) is 37.4 Å². The first-order chi connectivity index (χ1) is 12.6. The Morgan fingerprint density at radius 2 is 2.31 bits per heavy atom. The molecule has 0 N–H and O–H groups in total. The minimum Gasteiger partial charge on any atom is -0.479 e. The van der Waals surface area contributed by atoms with Crippen molar-refractivity contribution in [3.8, 4) is 5.88 Å². The van der Waals surface area contributed by atoms with E-state index in [-0.39, 0.29) is 11.9 Å². The van der Waals surface area contributed by atoms with Crippen molar-refractivity contribution in [1.29, 1.82) is 0 Å². The van der Waals surface area contributed by atoms with E-state index in [1.165, 1.54) is 7.11 Å². The maximum absolute atomic E-state index is 12.7. The molecule has 0 bridgehead atoms. The molecule has 0 aliphatic carbocycles. The van der Waals surface area contributed by atoms with Crippen LogP contribution in [0, 0.1) is 0 Å². The number of methoxy groups -OCH3 is 1. The van der Waals surface area contributed by atoms with Crippen LogP contribution < -0.4 is 4.74 Å². The molecule has 2 aromatic rings. The normalized spacial score (nSPS) is 17.1. The minimum atomic E-state index is -0.0473. The van der Waals surface area contributed by atoms with Gasteiger partial charge in [0.05, 0.1) is 18.8 Å². The Morgan fingerprint density at radius 1 is 1.46 bits per heavy atom. The summed E-state index contributed by atoms with van der Waals surface area (Å²) in [6, 6.07) is 3.58. The lowest BCUT2D eigenvalue weighted by molar-refractivity contribution is -0.132. The van der Waals surface area contributed by atoms with Crippen LogP contribution in [0.5, 0.6) is 5.88 Å². The molecule has 2 aromatic heterocycles. The zero-order valence-corrected chi connectivity index (χ0v) is 15.5. The van der Waals surface area contributed by atoms with Gasteiger partial charge in [-0.25, -0.2) is 9.97 Å². The van der Waals surface area contributed by atoms with E-state index in [2.05, 4.69) is 20.0 Å². The lowest BCUT2D eigenvalue weighted by Gasteiger charge is -2.24. The number of hydrogen-bond acceptors (Lipinski definition) is 7. The van der Waals surface area contributed by atoms with Crippen molar-refractivity contribution in [2.75, 3.05) is 27.7 Å². The van der Waals surface area contributed by atoms with Gasteiger partial charge in [-0.15, -0.1) is 0 Å². The third-order valence-electron chi connectivity index (χ3n) is 4.41. The summed E-state index contributed by atoms with van der Waals surface area (Å²) < 4.78 is 10.2. The lowest BCUT2D eigenvalue weighted by atomic mass is 10.1. The molecule has 0 saturated carbocycles. The molecule has 3 rings (SSSR count). The SMILES string of the molecule is COc1cc(CCC(=O)N2CCC[C@@H]2c2nccc(CN(C)C)n2)on1. The van der Waals surface area contributed by atoms with Gasteiger partial charge in [-0.05, 0) is 38.2 Å². The first kappa shape index (κ1) is 18.3. The molecule has 1 amide bonds. The lowest BCUT2D eigenvalue weighted by Crippen LogP contribution is -2.31. The van der Waals surface area contributed by atoms with Crippen LogP contribution >= 0.6 is 0 Å². The van der Waals surface area contributed by atoms with Gasteiger partial charge in [-0.2, -0.15) is 0 Å². The second kappa shape index (κ2) is 8.27. The fourth-order valence-corrected chi connectivity index (χ4v) is 3.20. The first-order valence-corrected chi connectivity index (χ1v) is 8.82. The highest BCUT2D eigenvalue weighted by Gasteiger charge is 2.31. The van der Waals surface area contributed by atoms with E-state index in [1.54, 1.807) is 12.3 Å². The largest absolute Gasteiger partial charge is 0.479 e. The fraction of sp³-hybridized carbons (Fsp3) is 0.556. The molecular formula is C18H25N5O3. The van der Waals surface area contributed by atoms with Crippen molar-refractivity contribution in [2.45, 2.75) is 38.3 Å². The van der Waals surface area contributed by atoms with Crippen LogP contribution in [-0.2, 0) is 17.8 Å². The smallest absolute Gasteiger partial charge is 0.254 e. The molecule has 1 aliphatic rings. The molecule has 1 saturated heterocycles. The van der Waals surface area contributed by atoms with Crippen molar-refractivity contribution in [3.63, 3.8) is 0 Å². The Kier molecular flexibility index (Phi) is 5.82. The number of hydrogen-bond donors (Lipinski definition) is 0. The Labute approximate surface area is 153 Å². The van der Waals surface area contributed by atoms with Gasteiger partial charge in [0.1, 0.15) is 5.76 Å². The summed E-state index contributed by atoms with van der Waals surface area (Å²) in [5.41, 5.74) is 0.966. The predicted octanol–water partition coefficient (Wildman–Crippen LogP) is 1.83. The third kappa shape index (κ3) is 4.37. The molecule has 1 atom stereocenters. The average molecular weight is 359 g/mol. The number of nitrogens with zero attached hydrogens (tertiary/aromatic N) is 5. The van der Waals surface area contributed by atoms with E-state index in [1.807, 2.05) is 25.1 Å². The van der Waals surface area contributed by atoms with Crippen LogP contribution in [-0.4, -0.2) is 58.6 Å². The van der Waals surface area contributed by atoms with Crippen molar-refractivity contribution in [1.82, 2.24) is 24.9 Å². The van der Waals surface area contributed by atoms with Crippen LogP contribution in [0.4, 0.5) is 0 Å². The van der Waals surface area contributed by atoms with Gasteiger partial charge in [-0.3, -0.25) is 4.79 Å². The zero-order chi connectivity index (χ0) is 18.5. The van der Waals surface area contributed by atoms with E-state index in [0.29, 0.717) is 24.5 Å². The second-order valence-electron chi connectivity index (χ2n) is 6.72. The minimum absolute atomic E-state index is 0.0473. The first-order valence-electron chi connectivity index (χ1n) is 8.82. The molecular weight excluding hydrogens is 334 g/mol. The summed E-state index contributed by atoms with van der Waals surface area (Å²) in [5, 5.41) is 3.76. The average Bonchev–Trinajstić information content (AvgIpc) is 3.28. The quantitative estimate of drug-likeness (QED) is 0.745. The van der Waals surface area contributed by atoms with Crippen molar-refractivity contribution < 1.29 is 14.1 Å². The Hall–Kier alpha value is -2.48. The number of ether oxygens (including phenoxy) is 1. The summed E-state index contributed by atoms with van der Waals surface area (Å²) in [4.78, 5) is 25.8. The highest BCUT2D eigenvalue weighted by atomic mass is 16.5. The second-order valence-corrected chi connectivity index (χ2v) is 6.72. The summed E-state index contributed by atoms with van der Waals surface area (Å²) in [5.74, 6) is 1.90. The van der Waals surface area contributed by atoms with Gasteiger partial charge in [-0.1, -0.05) is 0 Å². The molecule has 8 nitrogen and oxygen atoms in total. The van der Waals surface area contributed by atoms with E-state index < -0.39 is 0 Å². The number of carbonyl (C=O) groups excluding carboxylic acids is 1. The Bertz CT molecular complexity index is 746. The van der Waals surface area contributed by atoms with Crippen LogP contribution in [0.2, 0.25) is 0 Å².